The van der Waals surface area contributed by atoms with Crippen molar-refractivity contribution in [3.05, 3.63) is 33.2 Å². The number of rotatable bonds is 2. The van der Waals surface area contributed by atoms with Crippen LogP contribution in [0, 0.1) is 16.7 Å². The summed E-state index contributed by atoms with van der Waals surface area (Å²) >= 11 is 6.03. The van der Waals surface area contributed by atoms with Crippen LogP contribution in [0.25, 0.3) is 11.0 Å². The molecule has 2 N–H and O–H groups in total. The molecule has 20 heavy (non-hydrogen) atoms. The molecule has 0 bridgehead atoms. The minimum atomic E-state index is -0.321. The third kappa shape index (κ3) is 2.91. The number of aromatic amines is 1. The van der Waals surface area contributed by atoms with E-state index in [9.17, 15) is 10.1 Å². The highest BCUT2D eigenvalue weighted by Crippen LogP contribution is 2.28. The number of fused-ring (bicyclic) bond motifs is 1. The summed E-state index contributed by atoms with van der Waals surface area (Å²) in [6.45, 7) is 6.87. The highest BCUT2D eigenvalue weighted by molar-refractivity contribution is 6.35. The Hall–Kier alpha value is -2.06. The second-order valence-electron chi connectivity index (χ2n) is 5.78. The van der Waals surface area contributed by atoms with Crippen LogP contribution in [0.3, 0.4) is 0 Å². The molecule has 0 fully saturated rings. The SMILES string of the molecule is CC(C)(C)CNc1c(C#N)cnc2c(Cl)cc(=O)[nH]c12. The fourth-order valence-electron chi connectivity index (χ4n) is 1.78. The Morgan fingerprint density at radius 2 is 2.20 bits per heavy atom. The molecule has 2 aromatic rings. The summed E-state index contributed by atoms with van der Waals surface area (Å²) in [5.41, 5.74) is 1.58. The van der Waals surface area contributed by atoms with Crippen molar-refractivity contribution in [2.75, 3.05) is 11.9 Å². The quantitative estimate of drug-likeness (QED) is 0.891. The Kier molecular flexibility index (Phi) is 3.69. The third-order valence-corrected chi connectivity index (χ3v) is 3.02. The Morgan fingerprint density at radius 3 is 2.80 bits per heavy atom. The van der Waals surface area contributed by atoms with Crippen LogP contribution in [0.15, 0.2) is 17.1 Å². The summed E-state index contributed by atoms with van der Waals surface area (Å²) in [5.74, 6) is 0. The first-order valence-corrected chi connectivity index (χ1v) is 6.55. The zero-order valence-electron chi connectivity index (χ0n) is 11.5. The average Bonchev–Trinajstić information content (AvgIpc) is 2.34. The first kappa shape index (κ1) is 14.4. The van der Waals surface area contributed by atoms with Crippen molar-refractivity contribution in [1.82, 2.24) is 9.97 Å². The molecule has 0 saturated carbocycles. The molecule has 2 rings (SSSR count). The van der Waals surface area contributed by atoms with Crippen molar-refractivity contribution in [3.8, 4) is 6.07 Å². The smallest absolute Gasteiger partial charge is 0.250 e. The highest BCUT2D eigenvalue weighted by atomic mass is 35.5. The van der Waals surface area contributed by atoms with E-state index in [1.807, 2.05) is 0 Å². The lowest BCUT2D eigenvalue weighted by atomic mass is 9.96. The summed E-state index contributed by atoms with van der Waals surface area (Å²) in [4.78, 5) is 18.4. The van der Waals surface area contributed by atoms with E-state index in [1.54, 1.807) is 0 Å². The van der Waals surface area contributed by atoms with Crippen molar-refractivity contribution in [2.45, 2.75) is 20.8 Å². The highest BCUT2D eigenvalue weighted by Gasteiger charge is 2.15. The Morgan fingerprint density at radius 1 is 1.50 bits per heavy atom. The summed E-state index contributed by atoms with van der Waals surface area (Å²) in [6, 6.07) is 3.35. The molecule has 6 heteroatoms. The molecule has 0 aromatic carbocycles. The third-order valence-electron chi connectivity index (χ3n) is 2.73. The molecule has 0 aliphatic rings. The predicted octanol–water partition coefficient (Wildman–Crippen LogP) is 2.91. The molecule has 5 nitrogen and oxygen atoms in total. The zero-order valence-corrected chi connectivity index (χ0v) is 12.3. The van der Waals surface area contributed by atoms with Gasteiger partial charge in [0.05, 0.1) is 21.8 Å². The van der Waals surface area contributed by atoms with E-state index in [2.05, 4.69) is 42.1 Å². The minimum Gasteiger partial charge on any atom is -0.382 e. The maximum absolute atomic E-state index is 11.6. The van der Waals surface area contributed by atoms with Gasteiger partial charge in [-0.3, -0.25) is 9.78 Å². The summed E-state index contributed by atoms with van der Waals surface area (Å²) in [6.07, 6.45) is 1.46. The number of H-pyrrole nitrogens is 1. The molecule has 0 aliphatic carbocycles. The van der Waals surface area contributed by atoms with Gasteiger partial charge in [-0.15, -0.1) is 0 Å². The normalized spacial score (nSPS) is 11.3. The molecule has 0 aliphatic heterocycles. The van der Waals surface area contributed by atoms with Gasteiger partial charge in [0.25, 0.3) is 0 Å². The van der Waals surface area contributed by atoms with Gasteiger partial charge in [0.1, 0.15) is 11.6 Å². The fourth-order valence-corrected chi connectivity index (χ4v) is 2.02. The van der Waals surface area contributed by atoms with E-state index in [4.69, 9.17) is 11.6 Å². The lowest BCUT2D eigenvalue weighted by molar-refractivity contribution is 0.443. The summed E-state index contributed by atoms with van der Waals surface area (Å²) < 4.78 is 0. The van der Waals surface area contributed by atoms with Gasteiger partial charge in [0, 0.05) is 18.8 Å². The van der Waals surface area contributed by atoms with Gasteiger partial charge in [-0.2, -0.15) is 5.26 Å². The van der Waals surface area contributed by atoms with E-state index >= 15 is 0 Å². The van der Waals surface area contributed by atoms with Crippen LogP contribution in [0.4, 0.5) is 5.69 Å². The number of nitrogens with zero attached hydrogens (tertiary/aromatic N) is 2. The number of halogens is 1. The Labute approximate surface area is 121 Å². The van der Waals surface area contributed by atoms with E-state index in [1.165, 1.54) is 12.3 Å². The van der Waals surface area contributed by atoms with Gasteiger partial charge in [0.15, 0.2) is 0 Å². The van der Waals surface area contributed by atoms with Crippen LogP contribution >= 0.6 is 11.6 Å². The number of hydrogen-bond donors (Lipinski definition) is 2. The maximum atomic E-state index is 11.6. The molecule has 0 spiro atoms. The summed E-state index contributed by atoms with van der Waals surface area (Å²) in [5, 5.41) is 12.7. The molecule has 0 radical (unpaired) electrons. The molecule has 2 heterocycles. The van der Waals surface area contributed by atoms with Gasteiger partial charge in [-0.05, 0) is 5.41 Å². The minimum absolute atomic E-state index is 0.0290. The topological polar surface area (TPSA) is 81.6 Å². The molecule has 0 unspecified atom stereocenters. The molecule has 0 saturated heterocycles. The van der Waals surface area contributed by atoms with Crippen molar-refractivity contribution >= 4 is 28.3 Å². The molecule has 104 valence electrons. The van der Waals surface area contributed by atoms with Crippen molar-refractivity contribution in [3.63, 3.8) is 0 Å². The van der Waals surface area contributed by atoms with E-state index in [0.717, 1.165) is 0 Å². The molecular formula is C14H15ClN4O. The largest absolute Gasteiger partial charge is 0.382 e. The first-order valence-electron chi connectivity index (χ1n) is 6.17. The predicted molar refractivity (Wildman–Crippen MR) is 80.0 cm³/mol. The number of aromatic nitrogens is 2. The second kappa shape index (κ2) is 5.14. The van der Waals surface area contributed by atoms with Crippen molar-refractivity contribution < 1.29 is 0 Å². The van der Waals surface area contributed by atoms with Crippen LogP contribution in [-0.2, 0) is 0 Å². The summed E-state index contributed by atoms with van der Waals surface area (Å²) in [7, 11) is 0. The first-order chi connectivity index (χ1) is 9.31. The van der Waals surface area contributed by atoms with Gasteiger partial charge < -0.3 is 10.3 Å². The van der Waals surface area contributed by atoms with Crippen molar-refractivity contribution in [1.29, 1.82) is 5.26 Å². The number of nitriles is 1. The van der Waals surface area contributed by atoms with Crippen LogP contribution in [0.1, 0.15) is 26.3 Å². The number of anilines is 1. The van der Waals surface area contributed by atoms with E-state index in [0.29, 0.717) is 28.8 Å². The molecular weight excluding hydrogens is 276 g/mol. The number of hydrogen-bond acceptors (Lipinski definition) is 4. The number of pyridine rings is 2. The lowest BCUT2D eigenvalue weighted by Gasteiger charge is -2.20. The van der Waals surface area contributed by atoms with Crippen LogP contribution in [-0.4, -0.2) is 16.5 Å². The van der Waals surface area contributed by atoms with Gasteiger partial charge in [0.2, 0.25) is 5.56 Å². The Bertz CT molecular complexity index is 753. The Balaban J connectivity index is 2.66. The molecule has 2 aromatic heterocycles. The second-order valence-corrected chi connectivity index (χ2v) is 6.19. The van der Waals surface area contributed by atoms with Gasteiger partial charge in [-0.1, -0.05) is 32.4 Å². The molecule has 0 amide bonds. The van der Waals surface area contributed by atoms with Crippen LogP contribution in [0.2, 0.25) is 5.02 Å². The van der Waals surface area contributed by atoms with Gasteiger partial charge in [-0.25, -0.2) is 0 Å². The van der Waals surface area contributed by atoms with Crippen LogP contribution < -0.4 is 10.9 Å². The standard InChI is InChI=1S/C14H15ClN4O/c1-14(2,3)7-18-11-8(5-16)6-17-12-9(15)4-10(20)19-13(11)12/h4,6H,7H2,1-3H3,(H,17,18)(H,19,20). The van der Waals surface area contributed by atoms with E-state index < -0.39 is 0 Å². The van der Waals surface area contributed by atoms with E-state index in [-0.39, 0.29) is 16.0 Å². The van der Waals surface area contributed by atoms with Crippen molar-refractivity contribution in [2.24, 2.45) is 5.41 Å². The number of nitrogens with one attached hydrogen (secondary N) is 2. The molecule has 0 atom stereocenters. The monoisotopic (exact) mass is 290 g/mol. The van der Waals surface area contributed by atoms with Gasteiger partial charge >= 0.3 is 0 Å². The maximum Gasteiger partial charge on any atom is 0.250 e. The van der Waals surface area contributed by atoms with Crippen LogP contribution in [0.5, 0.6) is 0 Å². The fraction of sp³-hybridized carbons (Fsp3) is 0.357. The lowest BCUT2D eigenvalue weighted by Crippen LogP contribution is -2.20. The zero-order chi connectivity index (χ0) is 14.9. The average molecular weight is 291 g/mol.